The number of benzene rings is 1. The summed E-state index contributed by atoms with van der Waals surface area (Å²) in [4.78, 5) is 11.1. The van der Waals surface area contributed by atoms with Crippen LogP contribution in [0.3, 0.4) is 0 Å². The molecule has 0 radical (unpaired) electrons. The van der Waals surface area contributed by atoms with E-state index in [-0.39, 0.29) is 0 Å². The van der Waals surface area contributed by atoms with Gasteiger partial charge in [-0.05, 0) is 29.5 Å². The highest BCUT2D eigenvalue weighted by Crippen LogP contribution is 2.13. The van der Waals surface area contributed by atoms with Gasteiger partial charge in [-0.25, -0.2) is 0 Å². The molecule has 0 N–H and O–H groups in total. The molecule has 1 aromatic carbocycles. The van der Waals surface area contributed by atoms with Crippen LogP contribution >= 0.6 is 11.6 Å². The molecule has 16 heavy (non-hydrogen) atoms. The number of rotatable bonds is 6. The molecule has 0 aliphatic carbocycles. The maximum Gasteiger partial charge on any atom is 0.250 e. The monoisotopic (exact) mass is 240 g/mol. The molecular formula is C13H17ClO2. The molecule has 0 heterocycles. The first kappa shape index (κ1) is 13.2. The Bertz CT molecular complexity index is 322. The normalized spacial score (nSPS) is 12.8. The standard InChI is InChI=1S/C13H17ClO2/c1-10(2)8-12(13(14)15)16-9-11-6-4-3-5-7-11/h3-7,10,12H,8-9H2,1-2H3. The number of halogens is 1. The molecule has 1 atom stereocenters. The molecule has 0 aromatic heterocycles. The second kappa shape index (κ2) is 6.66. The van der Waals surface area contributed by atoms with Crippen molar-refractivity contribution in [2.75, 3.05) is 0 Å². The van der Waals surface area contributed by atoms with Gasteiger partial charge in [0.25, 0.3) is 5.24 Å². The van der Waals surface area contributed by atoms with Crippen LogP contribution in [0.15, 0.2) is 30.3 Å². The van der Waals surface area contributed by atoms with Gasteiger partial charge in [0.05, 0.1) is 6.61 Å². The molecule has 0 bridgehead atoms. The predicted molar refractivity (Wildman–Crippen MR) is 65.3 cm³/mol. The van der Waals surface area contributed by atoms with E-state index >= 15 is 0 Å². The van der Waals surface area contributed by atoms with Gasteiger partial charge in [-0.2, -0.15) is 0 Å². The highest BCUT2D eigenvalue weighted by atomic mass is 35.5. The molecule has 0 spiro atoms. The van der Waals surface area contributed by atoms with Gasteiger partial charge in [0.15, 0.2) is 0 Å². The Balaban J connectivity index is 2.47. The molecule has 0 saturated carbocycles. The summed E-state index contributed by atoms with van der Waals surface area (Å²) in [5.74, 6) is 0.392. The van der Waals surface area contributed by atoms with Crippen molar-refractivity contribution in [3.8, 4) is 0 Å². The number of hydrogen-bond donors (Lipinski definition) is 0. The summed E-state index contributed by atoms with van der Waals surface area (Å²) in [6.45, 7) is 4.51. The first-order valence-electron chi connectivity index (χ1n) is 5.44. The fraction of sp³-hybridized carbons (Fsp3) is 0.462. The Hall–Kier alpha value is -0.860. The Morgan fingerprint density at radius 2 is 1.94 bits per heavy atom. The van der Waals surface area contributed by atoms with Crippen LogP contribution < -0.4 is 0 Å². The molecule has 0 aliphatic heterocycles. The van der Waals surface area contributed by atoms with Crippen molar-refractivity contribution >= 4 is 16.8 Å². The van der Waals surface area contributed by atoms with E-state index in [1.54, 1.807) is 0 Å². The molecular weight excluding hydrogens is 224 g/mol. The topological polar surface area (TPSA) is 26.3 Å². The van der Waals surface area contributed by atoms with E-state index in [2.05, 4.69) is 0 Å². The lowest BCUT2D eigenvalue weighted by Crippen LogP contribution is -2.22. The fourth-order valence-corrected chi connectivity index (χ4v) is 1.58. The van der Waals surface area contributed by atoms with Crippen LogP contribution in [0.5, 0.6) is 0 Å². The third-order valence-corrected chi connectivity index (χ3v) is 2.48. The zero-order valence-corrected chi connectivity index (χ0v) is 10.4. The van der Waals surface area contributed by atoms with Crippen LogP contribution in [0, 0.1) is 5.92 Å². The first-order chi connectivity index (χ1) is 7.59. The van der Waals surface area contributed by atoms with Gasteiger partial charge in [0.2, 0.25) is 0 Å². The molecule has 0 aliphatic rings. The summed E-state index contributed by atoms with van der Waals surface area (Å²) in [6.07, 6.45) is 0.164. The summed E-state index contributed by atoms with van der Waals surface area (Å²) in [6, 6.07) is 9.76. The third kappa shape index (κ3) is 4.77. The Labute approximate surface area is 102 Å². The van der Waals surface area contributed by atoms with E-state index in [0.717, 1.165) is 5.56 Å². The van der Waals surface area contributed by atoms with Crippen molar-refractivity contribution in [1.82, 2.24) is 0 Å². The minimum Gasteiger partial charge on any atom is -0.364 e. The van der Waals surface area contributed by atoms with E-state index < -0.39 is 11.3 Å². The minimum absolute atomic E-state index is 0.392. The van der Waals surface area contributed by atoms with Crippen LogP contribution in [-0.4, -0.2) is 11.3 Å². The lowest BCUT2D eigenvalue weighted by atomic mass is 10.1. The second-order valence-electron chi connectivity index (χ2n) is 4.22. The molecule has 1 unspecified atom stereocenters. The van der Waals surface area contributed by atoms with Gasteiger partial charge in [0.1, 0.15) is 6.10 Å². The number of ether oxygens (including phenoxy) is 1. The van der Waals surface area contributed by atoms with Gasteiger partial charge in [-0.3, -0.25) is 4.79 Å². The maximum atomic E-state index is 11.1. The largest absolute Gasteiger partial charge is 0.364 e. The van der Waals surface area contributed by atoms with E-state index in [0.29, 0.717) is 18.9 Å². The lowest BCUT2D eigenvalue weighted by Gasteiger charge is -2.15. The van der Waals surface area contributed by atoms with E-state index in [1.807, 2.05) is 44.2 Å². The SMILES string of the molecule is CC(C)CC(OCc1ccccc1)C(=O)Cl. The average molecular weight is 241 g/mol. The van der Waals surface area contributed by atoms with Crippen LogP contribution in [-0.2, 0) is 16.1 Å². The molecule has 88 valence electrons. The van der Waals surface area contributed by atoms with Crippen molar-refractivity contribution in [3.63, 3.8) is 0 Å². The number of carbonyl (C=O) groups excluding carboxylic acids is 1. The van der Waals surface area contributed by atoms with Crippen LogP contribution in [0.25, 0.3) is 0 Å². The summed E-state index contributed by atoms with van der Waals surface area (Å²) in [5, 5.41) is -0.412. The van der Waals surface area contributed by atoms with E-state index in [1.165, 1.54) is 0 Å². The smallest absolute Gasteiger partial charge is 0.250 e. The minimum atomic E-state index is -0.498. The Kier molecular flexibility index (Phi) is 5.50. The number of hydrogen-bond acceptors (Lipinski definition) is 2. The quantitative estimate of drug-likeness (QED) is 0.713. The first-order valence-corrected chi connectivity index (χ1v) is 5.82. The van der Waals surface area contributed by atoms with Gasteiger partial charge in [0, 0.05) is 0 Å². The van der Waals surface area contributed by atoms with E-state index in [9.17, 15) is 4.79 Å². The van der Waals surface area contributed by atoms with Gasteiger partial charge in [-0.1, -0.05) is 44.2 Å². The predicted octanol–water partition coefficient (Wildman–Crippen LogP) is 3.38. The Morgan fingerprint density at radius 1 is 1.31 bits per heavy atom. The van der Waals surface area contributed by atoms with Crippen molar-refractivity contribution in [2.45, 2.75) is 33.0 Å². The van der Waals surface area contributed by atoms with Gasteiger partial charge in [-0.15, -0.1) is 0 Å². The highest BCUT2D eigenvalue weighted by Gasteiger charge is 2.18. The van der Waals surface area contributed by atoms with Crippen molar-refractivity contribution in [3.05, 3.63) is 35.9 Å². The van der Waals surface area contributed by atoms with Crippen molar-refractivity contribution in [2.24, 2.45) is 5.92 Å². The van der Waals surface area contributed by atoms with Crippen LogP contribution in [0.4, 0.5) is 0 Å². The van der Waals surface area contributed by atoms with E-state index in [4.69, 9.17) is 16.3 Å². The molecule has 0 fully saturated rings. The van der Waals surface area contributed by atoms with Gasteiger partial charge >= 0.3 is 0 Å². The third-order valence-electron chi connectivity index (χ3n) is 2.23. The van der Waals surface area contributed by atoms with Crippen LogP contribution in [0.1, 0.15) is 25.8 Å². The zero-order chi connectivity index (χ0) is 12.0. The second-order valence-corrected chi connectivity index (χ2v) is 4.59. The molecule has 1 rings (SSSR count). The molecule has 1 aromatic rings. The summed E-state index contributed by atoms with van der Waals surface area (Å²) < 4.78 is 5.52. The molecule has 3 heteroatoms. The lowest BCUT2D eigenvalue weighted by molar-refractivity contribution is -0.124. The average Bonchev–Trinajstić information content (AvgIpc) is 2.25. The summed E-state index contributed by atoms with van der Waals surface area (Å²) in [7, 11) is 0. The fourth-order valence-electron chi connectivity index (χ4n) is 1.43. The zero-order valence-electron chi connectivity index (χ0n) is 9.65. The van der Waals surface area contributed by atoms with Crippen LogP contribution in [0.2, 0.25) is 0 Å². The summed E-state index contributed by atoms with van der Waals surface area (Å²) >= 11 is 5.49. The highest BCUT2D eigenvalue weighted by molar-refractivity contribution is 6.64. The van der Waals surface area contributed by atoms with Crippen molar-refractivity contribution < 1.29 is 9.53 Å². The molecule has 0 amide bonds. The maximum absolute atomic E-state index is 11.1. The number of carbonyl (C=O) groups is 1. The molecule has 2 nitrogen and oxygen atoms in total. The Morgan fingerprint density at radius 3 is 2.44 bits per heavy atom. The van der Waals surface area contributed by atoms with Gasteiger partial charge < -0.3 is 4.74 Å². The van der Waals surface area contributed by atoms with Crippen molar-refractivity contribution in [1.29, 1.82) is 0 Å². The molecule has 0 saturated heterocycles. The summed E-state index contributed by atoms with van der Waals surface area (Å²) in [5.41, 5.74) is 1.05.